The molecule has 0 radical (unpaired) electrons. The zero-order chi connectivity index (χ0) is 15.1. The average Bonchev–Trinajstić information content (AvgIpc) is 2.99. The Kier molecular flexibility index (Phi) is 5.35. The highest BCUT2D eigenvalue weighted by molar-refractivity contribution is 7.99. The molecule has 1 amide bonds. The van der Waals surface area contributed by atoms with Gasteiger partial charge in [-0.1, -0.05) is 30.0 Å². The lowest BCUT2D eigenvalue weighted by Crippen LogP contribution is -2.29. The van der Waals surface area contributed by atoms with E-state index in [4.69, 9.17) is 5.26 Å². The summed E-state index contributed by atoms with van der Waals surface area (Å²) >= 11 is 1.33. The lowest BCUT2D eigenvalue weighted by Gasteiger charge is -2.14. The number of rotatable bonds is 6. The molecule has 0 atom stereocenters. The average molecular weight is 301 g/mol. The molecule has 0 N–H and O–H groups in total. The highest BCUT2D eigenvalue weighted by Gasteiger charge is 2.12. The van der Waals surface area contributed by atoms with Crippen molar-refractivity contribution in [1.29, 1.82) is 5.26 Å². The van der Waals surface area contributed by atoms with Crippen LogP contribution in [0.4, 0.5) is 0 Å². The van der Waals surface area contributed by atoms with Crippen LogP contribution in [0.15, 0.2) is 41.8 Å². The molecule has 1 aromatic carbocycles. The molecular formula is C14H15N5OS. The molecular weight excluding hydrogens is 286 g/mol. The van der Waals surface area contributed by atoms with Crippen LogP contribution >= 0.6 is 11.8 Å². The fourth-order valence-corrected chi connectivity index (χ4v) is 2.54. The minimum atomic E-state index is -0.0298. The van der Waals surface area contributed by atoms with Crippen LogP contribution in [0.25, 0.3) is 5.69 Å². The molecule has 21 heavy (non-hydrogen) atoms. The number of nitriles is 1. The van der Waals surface area contributed by atoms with Crippen molar-refractivity contribution in [3.05, 3.63) is 36.7 Å². The van der Waals surface area contributed by atoms with Gasteiger partial charge in [-0.2, -0.15) is 5.26 Å². The number of aromatic nitrogens is 3. The number of hydrogen-bond donors (Lipinski definition) is 0. The van der Waals surface area contributed by atoms with Crippen LogP contribution in [-0.4, -0.2) is 44.9 Å². The van der Waals surface area contributed by atoms with Crippen LogP contribution in [0.1, 0.15) is 6.42 Å². The molecule has 0 unspecified atom stereocenters. The van der Waals surface area contributed by atoms with Gasteiger partial charge < -0.3 is 4.90 Å². The molecule has 6 nitrogen and oxygen atoms in total. The van der Waals surface area contributed by atoms with Gasteiger partial charge >= 0.3 is 0 Å². The van der Waals surface area contributed by atoms with Gasteiger partial charge in [0.1, 0.15) is 6.33 Å². The van der Waals surface area contributed by atoms with Gasteiger partial charge in [0.15, 0.2) is 5.16 Å². The second-order valence-electron chi connectivity index (χ2n) is 4.33. The summed E-state index contributed by atoms with van der Waals surface area (Å²) < 4.78 is 1.84. The number of benzene rings is 1. The third-order valence-electron chi connectivity index (χ3n) is 2.86. The van der Waals surface area contributed by atoms with Gasteiger partial charge in [0, 0.05) is 19.3 Å². The minimum Gasteiger partial charge on any atom is -0.344 e. The number of thioether (sulfide) groups is 1. The molecule has 0 fully saturated rings. The lowest BCUT2D eigenvalue weighted by atomic mass is 10.3. The Bertz CT molecular complexity index is 634. The van der Waals surface area contributed by atoms with Crippen LogP contribution in [0.3, 0.4) is 0 Å². The highest BCUT2D eigenvalue weighted by Crippen LogP contribution is 2.19. The van der Waals surface area contributed by atoms with Gasteiger partial charge in [0.25, 0.3) is 0 Å². The smallest absolute Gasteiger partial charge is 0.232 e. The molecule has 1 aromatic heterocycles. The number of amides is 1. The van der Waals surface area contributed by atoms with E-state index < -0.39 is 0 Å². The fraction of sp³-hybridized carbons (Fsp3) is 0.286. The number of para-hydroxylation sites is 1. The summed E-state index contributed by atoms with van der Waals surface area (Å²) in [6.07, 6.45) is 1.97. The van der Waals surface area contributed by atoms with Crippen molar-refractivity contribution >= 4 is 17.7 Å². The molecule has 108 valence electrons. The molecule has 0 saturated carbocycles. The zero-order valence-electron chi connectivity index (χ0n) is 11.6. The Morgan fingerprint density at radius 2 is 2.19 bits per heavy atom. The Balaban J connectivity index is 1.98. The van der Waals surface area contributed by atoms with Gasteiger partial charge in [0.05, 0.1) is 18.2 Å². The first kappa shape index (κ1) is 15.1. The molecule has 7 heteroatoms. The summed E-state index contributed by atoms with van der Waals surface area (Å²) in [7, 11) is 1.70. The summed E-state index contributed by atoms with van der Waals surface area (Å²) in [6, 6.07) is 11.7. The molecule has 0 aliphatic carbocycles. The maximum atomic E-state index is 11.9. The largest absolute Gasteiger partial charge is 0.344 e. The number of carbonyl (C=O) groups excluding carboxylic acids is 1. The van der Waals surface area contributed by atoms with Gasteiger partial charge in [-0.05, 0) is 12.1 Å². The van der Waals surface area contributed by atoms with Crippen molar-refractivity contribution in [3.63, 3.8) is 0 Å². The number of carbonyl (C=O) groups is 1. The molecule has 0 bridgehead atoms. The topological polar surface area (TPSA) is 74.8 Å². The van der Waals surface area contributed by atoms with Crippen molar-refractivity contribution in [2.24, 2.45) is 0 Å². The van der Waals surface area contributed by atoms with E-state index in [1.807, 2.05) is 41.0 Å². The van der Waals surface area contributed by atoms with Crippen LogP contribution in [0.2, 0.25) is 0 Å². The van der Waals surface area contributed by atoms with E-state index in [1.165, 1.54) is 11.8 Å². The summed E-state index contributed by atoms with van der Waals surface area (Å²) in [5, 5.41) is 17.1. The van der Waals surface area contributed by atoms with Crippen molar-refractivity contribution in [2.45, 2.75) is 11.6 Å². The van der Waals surface area contributed by atoms with Gasteiger partial charge in [-0.3, -0.25) is 9.36 Å². The van der Waals surface area contributed by atoms with E-state index in [2.05, 4.69) is 10.2 Å². The van der Waals surface area contributed by atoms with E-state index in [0.29, 0.717) is 18.1 Å². The van der Waals surface area contributed by atoms with E-state index in [-0.39, 0.29) is 11.7 Å². The Labute approximate surface area is 127 Å². The lowest BCUT2D eigenvalue weighted by molar-refractivity contribution is -0.127. The summed E-state index contributed by atoms with van der Waals surface area (Å²) in [5.74, 6) is 0.242. The number of hydrogen-bond acceptors (Lipinski definition) is 5. The van der Waals surface area contributed by atoms with E-state index in [9.17, 15) is 4.79 Å². The predicted molar refractivity (Wildman–Crippen MR) is 80.0 cm³/mol. The van der Waals surface area contributed by atoms with Crippen molar-refractivity contribution in [1.82, 2.24) is 19.7 Å². The van der Waals surface area contributed by atoms with E-state index in [0.717, 1.165) is 5.69 Å². The van der Waals surface area contributed by atoms with Crippen LogP contribution < -0.4 is 0 Å². The van der Waals surface area contributed by atoms with Gasteiger partial charge in [0.2, 0.25) is 5.91 Å². The quantitative estimate of drug-likeness (QED) is 0.760. The number of nitrogens with zero attached hydrogens (tertiary/aromatic N) is 5. The second kappa shape index (κ2) is 7.45. The molecule has 0 aliphatic rings. The first-order valence-corrected chi connectivity index (χ1v) is 7.40. The molecule has 0 spiro atoms. The monoisotopic (exact) mass is 301 g/mol. The maximum absolute atomic E-state index is 11.9. The van der Waals surface area contributed by atoms with Crippen molar-refractivity contribution in [2.75, 3.05) is 19.3 Å². The second-order valence-corrected chi connectivity index (χ2v) is 5.27. The molecule has 0 aliphatic heterocycles. The zero-order valence-corrected chi connectivity index (χ0v) is 12.5. The van der Waals surface area contributed by atoms with E-state index >= 15 is 0 Å². The van der Waals surface area contributed by atoms with E-state index in [1.54, 1.807) is 18.3 Å². The molecule has 1 heterocycles. The molecule has 2 rings (SSSR count). The highest BCUT2D eigenvalue weighted by atomic mass is 32.2. The first-order chi connectivity index (χ1) is 10.2. The predicted octanol–water partition coefficient (Wildman–Crippen LogP) is 1.73. The molecule has 2 aromatic rings. The van der Waals surface area contributed by atoms with Crippen LogP contribution in [0, 0.1) is 11.3 Å². The third-order valence-corrected chi connectivity index (χ3v) is 3.79. The SMILES string of the molecule is CN(CCC#N)C(=O)CSc1nncn1-c1ccccc1. The summed E-state index contributed by atoms with van der Waals surface area (Å²) in [5.41, 5.74) is 0.954. The standard InChI is InChI=1S/C14H15N5OS/c1-18(9-5-8-15)13(20)10-21-14-17-16-11-19(14)12-6-3-2-4-7-12/h2-4,6-7,11H,5,9-10H2,1H3. The van der Waals surface area contributed by atoms with Crippen molar-refractivity contribution < 1.29 is 4.79 Å². The Morgan fingerprint density at radius 3 is 2.90 bits per heavy atom. The Morgan fingerprint density at radius 1 is 1.43 bits per heavy atom. The van der Waals surface area contributed by atoms with Gasteiger partial charge in [-0.25, -0.2) is 0 Å². The van der Waals surface area contributed by atoms with Crippen LogP contribution in [-0.2, 0) is 4.79 Å². The summed E-state index contributed by atoms with van der Waals surface area (Å²) in [6.45, 7) is 0.446. The summed E-state index contributed by atoms with van der Waals surface area (Å²) in [4.78, 5) is 13.5. The van der Waals surface area contributed by atoms with Crippen molar-refractivity contribution in [3.8, 4) is 11.8 Å². The maximum Gasteiger partial charge on any atom is 0.232 e. The third kappa shape index (κ3) is 4.07. The van der Waals surface area contributed by atoms with Gasteiger partial charge in [-0.15, -0.1) is 10.2 Å². The Hall–Kier alpha value is -2.33. The van der Waals surface area contributed by atoms with Crippen LogP contribution in [0.5, 0.6) is 0 Å². The molecule has 0 saturated heterocycles. The fourth-order valence-electron chi connectivity index (χ4n) is 1.67. The normalized spacial score (nSPS) is 10.1. The minimum absolute atomic E-state index is 0.0298. The first-order valence-electron chi connectivity index (χ1n) is 6.41.